The molecule has 0 fully saturated rings. The lowest BCUT2D eigenvalue weighted by Gasteiger charge is -2.05. The smallest absolute Gasteiger partial charge is 0.165 e. The summed E-state index contributed by atoms with van der Waals surface area (Å²) >= 11 is 1.66. The SMILES string of the molecule is CCNCc1cnc(CCOc2ccccc2F)s1. The fourth-order valence-corrected chi connectivity index (χ4v) is 2.48. The number of halogens is 1. The summed E-state index contributed by atoms with van der Waals surface area (Å²) in [4.78, 5) is 5.54. The van der Waals surface area contributed by atoms with E-state index in [4.69, 9.17) is 4.74 Å². The molecule has 102 valence electrons. The van der Waals surface area contributed by atoms with Crippen molar-refractivity contribution in [3.05, 3.63) is 46.2 Å². The van der Waals surface area contributed by atoms with Crippen LogP contribution >= 0.6 is 11.3 Å². The van der Waals surface area contributed by atoms with Crippen molar-refractivity contribution < 1.29 is 9.13 Å². The van der Waals surface area contributed by atoms with Gasteiger partial charge in [0.1, 0.15) is 0 Å². The van der Waals surface area contributed by atoms with Crippen molar-refractivity contribution in [1.82, 2.24) is 10.3 Å². The first-order chi connectivity index (χ1) is 9.29. The molecule has 0 saturated carbocycles. The van der Waals surface area contributed by atoms with Crippen LogP contribution in [0.2, 0.25) is 0 Å². The van der Waals surface area contributed by atoms with E-state index in [1.807, 2.05) is 6.20 Å². The van der Waals surface area contributed by atoms with E-state index in [1.54, 1.807) is 29.5 Å². The number of ether oxygens (including phenoxy) is 1. The summed E-state index contributed by atoms with van der Waals surface area (Å²) in [5.41, 5.74) is 0. The van der Waals surface area contributed by atoms with Gasteiger partial charge in [-0.25, -0.2) is 9.37 Å². The van der Waals surface area contributed by atoms with Crippen molar-refractivity contribution in [3.8, 4) is 5.75 Å². The highest BCUT2D eigenvalue weighted by atomic mass is 32.1. The molecule has 19 heavy (non-hydrogen) atoms. The molecule has 1 aromatic carbocycles. The average Bonchev–Trinajstić information content (AvgIpc) is 2.86. The largest absolute Gasteiger partial charge is 0.490 e. The van der Waals surface area contributed by atoms with Crippen LogP contribution < -0.4 is 10.1 Å². The number of nitrogens with one attached hydrogen (secondary N) is 1. The Kier molecular flexibility index (Phi) is 5.30. The van der Waals surface area contributed by atoms with Gasteiger partial charge in [0.15, 0.2) is 11.6 Å². The lowest BCUT2D eigenvalue weighted by molar-refractivity contribution is 0.305. The normalized spacial score (nSPS) is 10.6. The van der Waals surface area contributed by atoms with Crippen LogP contribution in [0, 0.1) is 5.82 Å². The molecule has 1 N–H and O–H groups in total. The van der Waals surface area contributed by atoms with Crippen LogP contribution in [0.4, 0.5) is 4.39 Å². The molecule has 2 rings (SSSR count). The molecule has 0 aliphatic rings. The molecular formula is C14H17FN2OS. The Labute approximate surface area is 116 Å². The van der Waals surface area contributed by atoms with Crippen molar-refractivity contribution in [2.75, 3.05) is 13.2 Å². The van der Waals surface area contributed by atoms with Crippen LogP contribution in [0.5, 0.6) is 5.75 Å². The Morgan fingerprint density at radius 1 is 1.37 bits per heavy atom. The number of thiazole rings is 1. The predicted octanol–water partition coefficient (Wildman–Crippen LogP) is 3.01. The number of hydrogen-bond donors (Lipinski definition) is 1. The molecule has 0 unspecified atom stereocenters. The standard InChI is InChI=1S/C14H17FN2OS/c1-2-16-9-11-10-17-14(19-11)7-8-18-13-6-4-3-5-12(13)15/h3-6,10,16H,2,7-9H2,1H3. The van der Waals surface area contributed by atoms with Crippen molar-refractivity contribution in [1.29, 1.82) is 0 Å². The third-order valence-corrected chi connectivity index (χ3v) is 3.62. The van der Waals surface area contributed by atoms with Gasteiger partial charge >= 0.3 is 0 Å². The number of nitrogens with zero attached hydrogens (tertiary/aromatic N) is 1. The molecule has 0 atom stereocenters. The van der Waals surface area contributed by atoms with Gasteiger partial charge in [-0.3, -0.25) is 0 Å². The molecule has 0 amide bonds. The van der Waals surface area contributed by atoms with E-state index in [9.17, 15) is 4.39 Å². The highest BCUT2D eigenvalue weighted by molar-refractivity contribution is 7.11. The Morgan fingerprint density at radius 3 is 3.00 bits per heavy atom. The van der Waals surface area contributed by atoms with Gasteiger partial charge in [0.25, 0.3) is 0 Å². The molecule has 0 radical (unpaired) electrons. The topological polar surface area (TPSA) is 34.2 Å². The second-order valence-corrected chi connectivity index (χ2v) is 5.23. The van der Waals surface area contributed by atoms with Gasteiger partial charge in [-0.05, 0) is 18.7 Å². The molecule has 1 aromatic heterocycles. The molecule has 0 aliphatic heterocycles. The van der Waals surface area contributed by atoms with E-state index in [2.05, 4.69) is 17.2 Å². The van der Waals surface area contributed by atoms with Gasteiger partial charge in [-0.1, -0.05) is 19.1 Å². The lowest BCUT2D eigenvalue weighted by atomic mass is 10.3. The molecule has 5 heteroatoms. The predicted molar refractivity (Wildman–Crippen MR) is 75.1 cm³/mol. The van der Waals surface area contributed by atoms with Crippen molar-refractivity contribution in [2.45, 2.75) is 19.9 Å². The Hall–Kier alpha value is -1.46. The van der Waals surface area contributed by atoms with E-state index in [-0.39, 0.29) is 5.82 Å². The highest BCUT2D eigenvalue weighted by Crippen LogP contribution is 2.17. The monoisotopic (exact) mass is 280 g/mol. The molecule has 3 nitrogen and oxygen atoms in total. The second-order valence-electron chi connectivity index (χ2n) is 4.03. The summed E-state index contributed by atoms with van der Waals surface area (Å²) in [7, 11) is 0. The van der Waals surface area contributed by atoms with E-state index in [0.29, 0.717) is 18.8 Å². The fourth-order valence-electron chi connectivity index (χ4n) is 1.60. The summed E-state index contributed by atoms with van der Waals surface area (Å²) in [6.07, 6.45) is 2.58. The van der Waals surface area contributed by atoms with E-state index >= 15 is 0 Å². The van der Waals surface area contributed by atoms with Crippen LogP contribution in [-0.4, -0.2) is 18.1 Å². The van der Waals surface area contributed by atoms with Crippen LogP contribution in [0.25, 0.3) is 0 Å². The minimum atomic E-state index is -0.325. The molecule has 0 spiro atoms. The number of benzene rings is 1. The third kappa shape index (κ3) is 4.29. The first kappa shape index (κ1) is 14.0. The second kappa shape index (κ2) is 7.21. The quantitative estimate of drug-likeness (QED) is 0.846. The summed E-state index contributed by atoms with van der Waals surface area (Å²) < 4.78 is 18.7. The fraction of sp³-hybridized carbons (Fsp3) is 0.357. The minimum Gasteiger partial charge on any atom is -0.490 e. The first-order valence-corrected chi connectivity index (χ1v) is 7.13. The molecule has 0 bridgehead atoms. The molecular weight excluding hydrogens is 263 g/mol. The lowest BCUT2D eigenvalue weighted by Crippen LogP contribution is -2.10. The zero-order valence-electron chi connectivity index (χ0n) is 10.9. The first-order valence-electron chi connectivity index (χ1n) is 6.31. The van der Waals surface area contributed by atoms with Crippen LogP contribution in [0.1, 0.15) is 16.8 Å². The highest BCUT2D eigenvalue weighted by Gasteiger charge is 2.04. The van der Waals surface area contributed by atoms with Crippen molar-refractivity contribution >= 4 is 11.3 Å². The Morgan fingerprint density at radius 2 is 2.21 bits per heavy atom. The number of aromatic nitrogens is 1. The average molecular weight is 280 g/mol. The van der Waals surface area contributed by atoms with Gasteiger partial charge in [0.05, 0.1) is 11.6 Å². The van der Waals surface area contributed by atoms with Gasteiger partial charge in [0, 0.05) is 24.0 Å². The Balaban J connectivity index is 1.79. The van der Waals surface area contributed by atoms with Crippen LogP contribution in [-0.2, 0) is 13.0 Å². The summed E-state index contributed by atoms with van der Waals surface area (Å²) in [6, 6.07) is 6.44. The molecule has 0 aliphatic carbocycles. The third-order valence-electron chi connectivity index (χ3n) is 2.56. The Bertz CT molecular complexity index is 516. The molecule has 1 heterocycles. The number of para-hydroxylation sites is 1. The van der Waals surface area contributed by atoms with E-state index in [0.717, 1.165) is 18.1 Å². The zero-order valence-corrected chi connectivity index (χ0v) is 11.7. The molecule has 0 saturated heterocycles. The minimum absolute atomic E-state index is 0.298. The maximum absolute atomic E-state index is 13.3. The van der Waals surface area contributed by atoms with Gasteiger partial charge in [-0.15, -0.1) is 11.3 Å². The number of hydrogen-bond acceptors (Lipinski definition) is 4. The van der Waals surface area contributed by atoms with Crippen LogP contribution in [0.3, 0.4) is 0 Å². The molecule has 2 aromatic rings. The number of rotatable bonds is 7. The van der Waals surface area contributed by atoms with Crippen molar-refractivity contribution in [2.24, 2.45) is 0 Å². The van der Waals surface area contributed by atoms with Gasteiger partial charge in [-0.2, -0.15) is 0 Å². The van der Waals surface area contributed by atoms with E-state index in [1.165, 1.54) is 10.9 Å². The van der Waals surface area contributed by atoms with Crippen LogP contribution in [0.15, 0.2) is 30.5 Å². The maximum atomic E-state index is 13.3. The van der Waals surface area contributed by atoms with Crippen molar-refractivity contribution in [3.63, 3.8) is 0 Å². The van der Waals surface area contributed by atoms with E-state index < -0.39 is 0 Å². The summed E-state index contributed by atoms with van der Waals surface area (Å²) in [6.45, 7) is 4.31. The summed E-state index contributed by atoms with van der Waals surface area (Å²) in [5.74, 6) is -0.0265. The van der Waals surface area contributed by atoms with Gasteiger partial charge < -0.3 is 10.1 Å². The van der Waals surface area contributed by atoms with Gasteiger partial charge in [0.2, 0.25) is 0 Å². The summed E-state index contributed by atoms with van der Waals surface area (Å²) in [5, 5.41) is 4.27. The maximum Gasteiger partial charge on any atom is 0.165 e. The zero-order chi connectivity index (χ0) is 13.5.